The molecule has 1 heterocycles. The highest BCUT2D eigenvalue weighted by Crippen LogP contribution is 2.33. The Kier molecular flexibility index (Phi) is 3.69. The molecule has 0 spiro atoms. The Labute approximate surface area is 121 Å². The topological polar surface area (TPSA) is 29.1 Å². The van der Waals surface area contributed by atoms with Gasteiger partial charge in [-0.3, -0.25) is 4.79 Å². The zero-order chi connectivity index (χ0) is 14.8. The Morgan fingerprint density at radius 2 is 2.00 bits per heavy atom. The largest absolute Gasteiger partial charge is 0.384 e. The van der Waals surface area contributed by atoms with Gasteiger partial charge < -0.3 is 5.32 Å². The van der Waals surface area contributed by atoms with Gasteiger partial charge in [0.1, 0.15) is 17.4 Å². The van der Waals surface area contributed by atoms with Gasteiger partial charge in [0, 0.05) is 31.0 Å². The third-order valence-corrected chi connectivity index (χ3v) is 3.81. The fourth-order valence-electron chi connectivity index (χ4n) is 2.78. The first-order valence-electron chi connectivity index (χ1n) is 6.92. The molecule has 2 aromatic rings. The summed E-state index contributed by atoms with van der Waals surface area (Å²) >= 11 is 0. The van der Waals surface area contributed by atoms with Crippen molar-refractivity contribution in [3.8, 4) is 0 Å². The Balaban J connectivity index is 1.69. The van der Waals surface area contributed by atoms with Crippen LogP contribution in [0.2, 0.25) is 0 Å². The molecule has 0 amide bonds. The predicted octanol–water partition coefficient (Wildman–Crippen LogP) is 3.68. The van der Waals surface area contributed by atoms with E-state index in [0.29, 0.717) is 13.0 Å². The van der Waals surface area contributed by atoms with Crippen LogP contribution in [0.1, 0.15) is 23.5 Å². The fourth-order valence-corrected chi connectivity index (χ4v) is 2.78. The van der Waals surface area contributed by atoms with Crippen LogP contribution < -0.4 is 5.32 Å². The van der Waals surface area contributed by atoms with Crippen molar-refractivity contribution in [3.63, 3.8) is 0 Å². The molecule has 0 saturated carbocycles. The number of rotatable bonds is 4. The molecule has 0 aliphatic carbocycles. The van der Waals surface area contributed by atoms with E-state index in [2.05, 4.69) is 5.32 Å². The highest BCUT2D eigenvalue weighted by Gasteiger charge is 2.24. The standard InChI is InChI=1S/C17H15F2NO/c18-13-5-6-16(19)11(7-13)8-14(21)9-12-10-20-17-4-2-1-3-15(12)17/h1-7,12,20H,8-10H2. The minimum atomic E-state index is -0.533. The number of hydrogen-bond acceptors (Lipinski definition) is 2. The van der Waals surface area contributed by atoms with Gasteiger partial charge in [0.15, 0.2) is 0 Å². The number of fused-ring (bicyclic) bond motifs is 1. The van der Waals surface area contributed by atoms with E-state index < -0.39 is 11.6 Å². The molecule has 0 aromatic heterocycles. The van der Waals surface area contributed by atoms with Crippen molar-refractivity contribution in [2.24, 2.45) is 0 Å². The van der Waals surface area contributed by atoms with Crippen molar-refractivity contribution in [2.75, 3.05) is 11.9 Å². The van der Waals surface area contributed by atoms with E-state index in [1.807, 2.05) is 24.3 Å². The van der Waals surface area contributed by atoms with E-state index in [-0.39, 0.29) is 23.7 Å². The lowest BCUT2D eigenvalue weighted by Gasteiger charge is -2.09. The Hall–Kier alpha value is -2.23. The Bertz CT molecular complexity index is 684. The van der Waals surface area contributed by atoms with Gasteiger partial charge in [-0.1, -0.05) is 18.2 Å². The molecule has 1 atom stereocenters. The molecule has 3 rings (SSSR count). The van der Waals surface area contributed by atoms with Crippen molar-refractivity contribution in [3.05, 3.63) is 65.2 Å². The predicted molar refractivity (Wildman–Crippen MR) is 77.4 cm³/mol. The third kappa shape index (κ3) is 2.94. The number of Topliss-reactive ketones (excluding diaryl/α,β-unsaturated/α-hetero) is 1. The minimum absolute atomic E-state index is 0.0672. The Morgan fingerprint density at radius 1 is 1.19 bits per heavy atom. The van der Waals surface area contributed by atoms with Crippen LogP contribution in [0.4, 0.5) is 14.5 Å². The fraction of sp³-hybridized carbons (Fsp3) is 0.235. The van der Waals surface area contributed by atoms with Gasteiger partial charge in [-0.2, -0.15) is 0 Å². The van der Waals surface area contributed by atoms with Gasteiger partial charge in [0.05, 0.1) is 0 Å². The molecule has 1 N–H and O–H groups in total. The van der Waals surface area contributed by atoms with Crippen LogP contribution in [0.15, 0.2) is 42.5 Å². The van der Waals surface area contributed by atoms with E-state index in [9.17, 15) is 13.6 Å². The quantitative estimate of drug-likeness (QED) is 0.929. The number of carbonyl (C=O) groups excluding carboxylic acids is 1. The summed E-state index contributed by atoms with van der Waals surface area (Å²) in [6.07, 6.45) is 0.266. The van der Waals surface area contributed by atoms with Crippen molar-refractivity contribution in [1.29, 1.82) is 0 Å². The summed E-state index contributed by atoms with van der Waals surface area (Å²) in [5.41, 5.74) is 2.29. The number of para-hydroxylation sites is 1. The number of anilines is 1. The van der Waals surface area contributed by atoms with Crippen molar-refractivity contribution in [1.82, 2.24) is 0 Å². The van der Waals surface area contributed by atoms with E-state index in [1.165, 1.54) is 0 Å². The number of benzene rings is 2. The maximum absolute atomic E-state index is 13.6. The highest BCUT2D eigenvalue weighted by molar-refractivity contribution is 5.82. The Morgan fingerprint density at radius 3 is 2.86 bits per heavy atom. The second kappa shape index (κ2) is 5.64. The van der Waals surface area contributed by atoms with Crippen LogP contribution in [-0.2, 0) is 11.2 Å². The molecule has 1 aliphatic rings. The summed E-state index contributed by atoms with van der Waals surface area (Å²) in [7, 11) is 0. The second-order valence-electron chi connectivity index (χ2n) is 5.32. The molecule has 4 heteroatoms. The molecule has 1 unspecified atom stereocenters. The molecule has 0 bridgehead atoms. The first-order chi connectivity index (χ1) is 10.1. The zero-order valence-corrected chi connectivity index (χ0v) is 11.4. The first kappa shape index (κ1) is 13.7. The van der Waals surface area contributed by atoms with E-state index in [1.54, 1.807) is 0 Å². The molecule has 21 heavy (non-hydrogen) atoms. The average molecular weight is 287 g/mol. The lowest BCUT2D eigenvalue weighted by atomic mass is 9.93. The first-order valence-corrected chi connectivity index (χ1v) is 6.92. The lowest BCUT2D eigenvalue weighted by molar-refractivity contribution is -0.118. The van der Waals surface area contributed by atoms with Crippen LogP contribution in [0.5, 0.6) is 0 Å². The monoisotopic (exact) mass is 287 g/mol. The van der Waals surface area contributed by atoms with Gasteiger partial charge in [-0.25, -0.2) is 8.78 Å². The zero-order valence-electron chi connectivity index (χ0n) is 11.4. The van der Waals surface area contributed by atoms with Crippen LogP contribution in [0.3, 0.4) is 0 Å². The molecule has 108 valence electrons. The van der Waals surface area contributed by atoms with Crippen LogP contribution in [0, 0.1) is 11.6 Å². The second-order valence-corrected chi connectivity index (χ2v) is 5.32. The maximum Gasteiger partial charge on any atom is 0.138 e. The molecule has 1 aliphatic heterocycles. The number of nitrogens with one attached hydrogen (secondary N) is 1. The summed E-state index contributed by atoms with van der Waals surface area (Å²) in [6, 6.07) is 11.1. The third-order valence-electron chi connectivity index (χ3n) is 3.81. The number of ketones is 1. The number of hydrogen-bond donors (Lipinski definition) is 1. The maximum atomic E-state index is 13.6. The average Bonchev–Trinajstić information content (AvgIpc) is 2.86. The van der Waals surface area contributed by atoms with Crippen LogP contribution >= 0.6 is 0 Å². The SMILES string of the molecule is O=C(Cc1cc(F)ccc1F)CC1CNc2ccccc21. The summed E-state index contributed by atoms with van der Waals surface area (Å²) < 4.78 is 26.7. The normalized spacial score (nSPS) is 16.4. The number of halogens is 2. The van der Waals surface area contributed by atoms with Crippen molar-refractivity contribution in [2.45, 2.75) is 18.8 Å². The van der Waals surface area contributed by atoms with Crippen LogP contribution in [-0.4, -0.2) is 12.3 Å². The van der Waals surface area contributed by atoms with Gasteiger partial charge in [0.2, 0.25) is 0 Å². The molecule has 2 nitrogen and oxygen atoms in total. The molecule has 0 fully saturated rings. The van der Waals surface area contributed by atoms with Crippen molar-refractivity contribution >= 4 is 11.5 Å². The smallest absolute Gasteiger partial charge is 0.138 e. The molecular weight excluding hydrogens is 272 g/mol. The minimum Gasteiger partial charge on any atom is -0.384 e. The number of carbonyl (C=O) groups is 1. The molecule has 0 saturated heterocycles. The lowest BCUT2D eigenvalue weighted by Crippen LogP contribution is -2.12. The van der Waals surface area contributed by atoms with Crippen LogP contribution in [0.25, 0.3) is 0 Å². The summed E-state index contributed by atoms with van der Waals surface area (Å²) in [5, 5.41) is 3.25. The van der Waals surface area contributed by atoms with E-state index in [0.717, 1.165) is 29.4 Å². The summed E-state index contributed by atoms with van der Waals surface area (Å²) in [6.45, 7) is 0.705. The highest BCUT2D eigenvalue weighted by atomic mass is 19.1. The summed E-state index contributed by atoms with van der Waals surface area (Å²) in [5.74, 6) is -1.03. The van der Waals surface area contributed by atoms with Gasteiger partial charge in [-0.15, -0.1) is 0 Å². The molecule has 2 aromatic carbocycles. The van der Waals surface area contributed by atoms with Gasteiger partial charge >= 0.3 is 0 Å². The molecule has 0 radical (unpaired) electrons. The summed E-state index contributed by atoms with van der Waals surface area (Å²) in [4.78, 5) is 12.1. The van der Waals surface area contributed by atoms with Gasteiger partial charge in [0.25, 0.3) is 0 Å². The van der Waals surface area contributed by atoms with Crippen molar-refractivity contribution < 1.29 is 13.6 Å². The van der Waals surface area contributed by atoms with E-state index in [4.69, 9.17) is 0 Å². The molecular formula is C17H15F2NO. The van der Waals surface area contributed by atoms with Gasteiger partial charge in [-0.05, 0) is 35.4 Å². The van der Waals surface area contributed by atoms with E-state index >= 15 is 0 Å².